The molecule has 1 aromatic rings. The molecular formula is C17H29N5O. The fourth-order valence-electron chi connectivity index (χ4n) is 3.61. The van der Waals surface area contributed by atoms with Crippen LogP contribution in [0.1, 0.15) is 37.8 Å². The Balaban J connectivity index is 1.36. The van der Waals surface area contributed by atoms with Gasteiger partial charge < -0.3 is 5.32 Å². The molecule has 1 saturated heterocycles. The zero-order valence-corrected chi connectivity index (χ0v) is 14.2. The molecule has 2 fully saturated rings. The number of nitrogens with zero attached hydrogens (tertiary/aromatic N) is 4. The molecule has 6 nitrogen and oxygen atoms in total. The molecular weight excluding hydrogens is 290 g/mol. The van der Waals surface area contributed by atoms with Gasteiger partial charge in [0.05, 0.1) is 12.2 Å². The average Bonchev–Trinajstić information content (AvgIpc) is 2.95. The molecule has 0 spiro atoms. The van der Waals surface area contributed by atoms with E-state index in [1.165, 1.54) is 19.3 Å². The van der Waals surface area contributed by atoms with E-state index in [0.717, 1.165) is 51.3 Å². The number of aryl methyl sites for hydroxylation is 1. The molecule has 6 heteroatoms. The number of carbonyl (C=O) groups is 1. The van der Waals surface area contributed by atoms with E-state index >= 15 is 0 Å². The first kappa shape index (κ1) is 16.5. The van der Waals surface area contributed by atoms with Gasteiger partial charge in [0.2, 0.25) is 5.91 Å². The van der Waals surface area contributed by atoms with Crippen LogP contribution in [-0.2, 0) is 18.4 Å². The lowest BCUT2D eigenvalue weighted by molar-refractivity contribution is -0.123. The molecule has 1 aliphatic heterocycles. The summed E-state index contributed by atoms with van der Waals surface area (Å²) in [6.45, 7) is 5.40. The molecule has 1 N–H and O–H groups in total. The molecule has 3 rings (SSSR count). The van der Waals surface area contributed by atoms with E-state index in [1.54, 1.807) is 0 Å². The molecule has 23 heavy (non-hydrogen) atoms. The third-order valence-corrected chi connectivity index (χ3v) is 4.96. The highest BCUT2D eigenvalue weighted by molar-refractivity contribution is 5.78. The number of hydrogen-bond acceptors (Lipinski definition) is 4. The lowest BCUT2D eigenvalue weighted by atomic mass is 9.95. The number of nitrogens with one attached hydrogen (secondary N) is 1. The Morgan fingerprint density at radius 3 is 2.52 bits per heavy atom. The zero-order valence-electron chi connectivity index (χ0n) is 14.2. The van der Waals surface area contributed by atoms with Crippen molar-refractivity contribution in [2.45, 2.75) is 44.7 Å². The van der Waals surface area contributed by atoms with Crippen molar-refractivity contribution in [3.63, 3.8) is 0 Å². The lowest BCUT2D eigenvalue weighted by Gasteiger charge is -2.34. The maximum Gasteiger partial charge on any atom is 0.234 e. The Labute approximate surface area is 138 Å². The van der Waals surface area contributed by atoms with Gasteiger partial charge in [-0.25, -0.2) is 0 Å². The minimum absolute atomic E-state index is 0.204. The first-order valence-electron chi connectivity index (χ1n) is 8.91. The fourth-order valence-corrected chi connectivity index (χ4v) is 3.61. The summed E-state index contributed by atoms with van der Waals surface area (Å²) in [7, 11) is 1.95. The molecule has 0 aromatic carbocycles. The quantitative estimate of drug-likeness (QED) is 0.879. The Kier molecular flexibility index (Phi) is 5.67. The van der Waals surface area contributed by atoms with E-state index < -0.39 is 0 Å². The van der Waals surface area contributed by atoms with Crippen molar-refractivity contribution in [3.8, 4) is 0 Å². The molecule has 1 saturated carbocycles. The van der Waals surface area contributed by atoms with Crippen LogP contribution in [0.4, 0.5) is 0 Å². The predicted molar refractivity (Wildman–Crippen MR) is 89.9 cm³/mol. The van der Waals surface area contributed by atoms with Gasteiger partial charge in [-0.15, -0.1) is 0 Å². The van der Waals surface area contributed by atoms with Crippen molar-refractivity contribution in [1.29, 1.82) is 0 Å². The van der Waals surface area contributed by atoms with Crippen LogP contribution in [0.3, 0.4) is 0 Å². The minimum Gasteiger partial charge on any atom is -0.352 e. The topological polar surface area (TPSA) is 53.4 Å². The Morgan fingerprint density at radius 1 is 1.17 bits per heavy atom. The van der Waals surface area contributed by atoms with Gasteiger partial charge >= 0.3 is 0 Å². The summed E-state index contributed by atoms with van der Waals surface area (Å²) in [5.74, 6) is 0.204. The van der Waals surface area contributed by atoms with Crippen molar-refractivity contribution in [2.75, 3.05) is 32.7 Å². The van der Waals surface area contributed by atoms with Crippen LogP contribution in [0.25, 0.3) is 0 Å². The third kappa shape index (κ3) is 5.04. The van der Waals surface area contributed by atoms with E-state index in [0.29, 0.717) is 12.6 Å². The van der Waals surface area contributed by atoms with E-state index in [9.17, 15) is 4.79 Å². The van der Waals surface area contributed by atoms with Crippen LogP contribution in [0.2, 0.25) is 0 Å². The summed E-state index contributed by atoms with van der Waals surface area (Å²) < 4.78 is 1.85. The number of carbonyl (C=O) groups excluding carboxylic acids is 1. The molecule has 128 valence electrons. The van der Waals surface area contributed by atoms with Crippen LogP contribution in [0.15, 0.2) is 12.3 Å². The first-order chi connectivity index (χ1) is 11.2. The maximum absolute atomic E-state index is 12.2. The van der Waals surface area contributed by atoms with Crippen LogP contribution < -0.4 is 5.32 Å². The van der Waals surface area contributed by atoms with Crippen molar-refractivity contribution < 1.29 is 4.79 Å². The van der Waals surface area contributed by atoms with Crippen molar-refractivity contribution in [3.05, 3.63) is 18.0 Å². The SMILES string of the molecule is Cn1ccc(CN2CCN(CC(=O)NC3CCCCC3)CC2)n1. The van der Waals surface area contributed by atoms with Gasteiger partial charge in [0.1, 0.15) is 0 Å². The third-order valence-electron chi connectivity index (χ3n) is 4.96. The molecule has 1 aliphatic carbocycles. The number of aromatic nitrogens is 2. The minimum atomic E-state index is 0.204. The highest BCUT2D eigenvalue weighted by Gasteiger charge is 2.21. The Bertz CT molecular complexity index is 501. The number of piperazine rings is 1. The zero-order chi connectivity index (χ0) is 16.1. The van der Waals surface area contributed by atoms with Gasteiger partial charge in [-0.1, -0.05) is 19.3 Å². The highest BCUT2D eigenvalue weighted by atomic mass is 16.2. The van der Waals surface area contributed by atoms with Gasteiger partial charge in [0.15, 0.2) is 0 Å². The van der Waals surface area contributed by atoms with Crippen LogP contribution >= 0.6 is 0 Å². The maximum atomic E-state index is 12.2. The van der Waals surface area contributed by atoms with Crippen LogP contribution in [-0.4, -0.2) is 64.3 Å². The van der Waals surface area contributed by atoms with Crippen molar-refractivity contribution in [2.24, 2.45) is 7.05 Å². The largest absolute Gasteiger partial charge is 0.352 e. The second-order valence-electron chi connectivity index (χ2n) is 6.94. The lowest BCUT2D eigenvalue weighted by Crippen LogP contribution is -2.50. The van der Waals surface area contributed by atoms with Gasteiger partial charge in [0, 0.05) is 52.0 Å². The summed E-state index contributed by atoms with van der Waals surface area (Å²) >= 11 is 0. The summed E-state index contributed by atoms with van der Waals surface area (Å²) in [4.78, 5) is 16.9. The molecule has 2 aliphatic rings. The summed E-state index contributed by atoms with van der Waals surface area (Å²) in [5.41, 5.74) is 1.12. The number of hydrogen-bond donors (Lipinski definition) is 1. The smallest absolute Gasteiger partial charge is 0.234 e. The van der Waals surface area contributed by atoms with Gasteiger partial charge in [-0.3, -0.25) is 19.3 Å². The highest BCUT2D eigenvalue weighted by Crippen LogP contribution is 2.17. The molecule has 1 amide bonds. The van der Waals surface area contributed by atoms with Gasteiger partial charge in [-0.2, -0.15) is 5.10 Å². The predicted octanol–water partition coefficient (Wildman–Crippen LogP) is 0.987. The number of rotatable bonds is 5. The molecule has 0 bridgehead atoms. The first-order valence-corrected chi connectivity index (χ1v) is 8.91. The molecule has 2 heterocycles. The molecule has 0 atom stereocenters. The summed E-state index contributed by atoms with van der Waals surface area (Å²) in [6.07, 6.45) is 8.15. The second-order valence-corrected chi connectivity index (χ2v) is 6.94. The second kappa shape index (κ2) is 7.93. The summed E-state index contributed by atoms with van der Waals surface area (Å²) in [6, 6.07) is 2.49. The van der Waals surface area contributed by atoms with Crippen molar-refractivity contribution in [1.82, 2.24) is 24.9 Å². The Morgan fingerprint density at radius 2 is 1.87 bits per heavy atom. The monoisotopic (exact) mass is 319 g/mol. The van der Waals surface area contributed by atoms with Crippen LogP contribution in [0.5, 0.6) is 0 Å². The average molecular weight is 319 g/mol. The van der Waals surface area contributed by atoms with Gasteiger partial charge in [-0.05, 0) is 18.9 Å². The normalized spacial score (nSPS) is 21.4. The molecule has 0 unspecified atom stereocenters. The fraction of sp³-hybridized carbons (Fsp3) is 0.765. The standard InChI is InChI=1S/C17H29N5O/c1-20-8-7-16(19-20)13-21-9-11-22(12-10-21)14-17(23)18-15-5-3-2-4-6-15/h7-8,15H,2-6,9-14H2,1H3,(H,18,23). The number of amides is 1. The summed E-state index contributed by atoms with van der Waals surface area (Å²) in [5, 5.41) is 7.65. The van der Waals surface area contributed by atoms with Crippen LogP contribution in [0, 0.1) is 0 Å². The Hall–Kier alpha value is -1.40. The van der Waals surface area contributed by atoms with E-state index in [4.69, 9.17) is 0 Å². The van der Waals surface area contributed by atoms with E-state index in [1.807, 2.05) is 17.9 Å². The van der Waals surface area contributed by atoms with E-state index in [2.05, 4.69) is 26.3 Å². The molecule has 0 radical (unpaired) electrons. The van der Waals surface area contributed by atoms with Crippen molar-refractivity contribution >= 4 is 5.91 Å². The van der Waals surface area contributed by atoms with E-state index in [-0.39, 0.29) is 5.91 Å². The molecule has 1 aromatic heterocycles. The van der Waals surface area contributed by atoms with Gasteiger partial charge in [0.25, 0.3) is 0 Å².